The van der Waals surface area contributed by atoms with Crippen LogP contribution in [0.1, 0.15) is 44.6 Å². The third-order valence-electron chi connectivity index (χ3n) is 2.82. The highest BCUT2D eigenvalue weighted by atomic mass is 15.4. The van der Waals surface area contributed by atoms with Crippen molar-refractivity contribution in [3.8, 4) is 0 Å². The second kappa shape index (κ2) is 8.53. The Morgan fingerprint density at radius 3 is 2.78 bits per heavy atom. The average molecular weight is 248 g/mol. The number of aromatic nitrogens is 1. The summed E-state index contributed by atoms with van der Waals surface area (Å²) in [6.07, 6.45) is 11.4. The zero-order valence-corrected chi connectivity index (χ0v) is 11.2. The summed E-state index contributed by atoms with van der Waals surface area (Å²) in [4.78, 5) is 4.03. The van der Waals surface area contributed by atoms with Gasteiger partial charge in [0.2, 0.25) is 0 Å². The van der Waals surface area contributed by atoms with Crippen molar-refractivity contribution >= 4 is 5.70 Å². The predicted octanol–water partition coefficient (Wildman–Crippen LogP) is 2.48. The minimum absolute atomic E-state index is 0.652. The molecule has 0 aliphatic rings. The molecule has 0 aliphatic carbocycles. The summed E-state index contributed by atoms with van der Waals surface area (Å²) in [7, 11) is 0. The lowest BCUT2D eigenvalue weighted by Crippen LogP contribution is -2.27. The summed E-state index contributed by atoms with van der Waals surface area (Å²) < 4.78 is 0. The van der Waals surface area contributed by atoms with Crippen molar-refractivity contribution in [3.63, 3.8) is 0 Å². The Hall–Kier alpha value is -1.55. The molecule has 0 aromatic carbocycles. The molecule has 1 aromatic heterocycles. The zero-order valence-electron chi connectivity index (χ0n) is 11.2. The van der Waals surface area contributed by atoms with Gasteiger partial charge in [0, 0.05) is 30.7 Å². The molecule has 0 atom stereocenters. The van der Waals surface area contributed by atoms with E-state index in [1.165, 1.54) is 25.7 Å². The Labute approximate surface area is 110 Å². The first-order valence-corrected chi connectivity index (χ1v) is 6.63. The molecule has 100 valence electrons. The molecule has 0 aliphatic heterocycles. The van der Waals surface area contributed by atoms with E-state index in [-0.39, 0.29) is 0 Å². The highest BCUT2D eigenvalue weighted by Crippen LogP contribution is 2.07. The van der Waals surface area contributed by atoms with Crippen molar-refractivity contribution in [2.45, 2.75) is 39.0 Å². The van der Waals surface area contributed by atoms with Gasteiger partial charge in [-0.1, -0.05) is 32.6 Å². The van der Waals surface area contributed by atoms with Gasteiger partial charge >= 0.3 is 0 Å². The standard InChI is InChI=1S/C14H24N4/c1-2-3-4-5-6-10-18(16)12-14(15)13-8-7-9-17-11-13/h7-9,11-12H,2-6,10,15-16H2,1H3/b14-12-. The summed E-state index contributed by atoms with van der Waals surface area (Å²) in [6.45, 7) is 3.05. The number of hydrogen-bond acceptors (Lipinski definition) is 4. The van der Waals surface area contributed by atoms with Gasteiger partial charge in [0.15, 0.2) is 0 Å². The topological polar surface area (TPSA) is 68.2 Å². The summed E-state index contributed by atoms with van der Waals surface area (Å²) in [5.41, 5.74) is 7.50. The smallest absolute Gasteiger partial charge is 0.0579 e. The van der Waals surface area contributed by atoms with Crippen LogP contribution in [0.2, 0.25) is 0 Å². The molecule has 4 heteroatoms. The van der Waals surface area contributed by atoms with Gasteiger partial charge in [0.25, 0.3) is 0 Å². The first-order chi connectivity index (χ1) is 8.74. The fourth-order valence-electron chi connectivity index (χ4n) is 1.75. The molecule has 4 nitrogen and oxygen atoms in total. The lowest BCUT2D eigenvalue weighted by Gasteiger charge is -2.14. The van der Waals surface area contributed by atoms with E-state index in [1.807, 2.05) is 12.1 Å². The van der Waals surface area contributed by atoms with Gasteiger partial charge in [-0.25, -0.2) is 5.84 Å². The van der Waals surface area contributed by atoms with Crippen molar-refractivity contribution in [1.82, 2.24) is 9.99 Å². The third kappa shape index (κ3) is 5.68. The molecule has 0 spiro atoms. The van der Waals surface area contributed by atoms with E-state index in [4.69, 9.17) is 11.6 Å². The van der Waals surface area contributed by atoms with E-state index >= 15 is 0 Å². The van der Waals surface area contributed by atoms with Gasteiger partial charge in [0.05, 0.1) is 5.70 Å². The molecule has 18 heavy (non-hydrogen) atoms. The molecule has 0 radical (unpaired) electrons. The van der Waals surface area contributed by atoms with Crippen molar-refractivity contribution in [3.05, 3.63) is 36.3 Å². The van der Waals surface area contributed by atoms with Crippen LogP contribution in [0, 0.1) is 0 Å². The maximum Gasteiger partial charge on any atom is 0.0579 e. The second-order valence-corrected chi connectivity index (χ2v) is 4.48. The molecule has 0 bridgehead atoms. The van der Waals surface area contributed by atoms with Gasteiger partial charge in [0.1, 0.15) is 0 Å². The van der Waals surface area contributed by atoms with Crippen LogP contribution in [0.25, 0.3) is 5.70 Å². The minimum atomic E-state index is 0.652. The van der Waals surface area contributed by atoms with E-state index in [0.29, 0.717) is 5.70 Å². The molecule has 0 unspecified atom stereocenters. The molecule has 0 amide bonds. The Morgan fingerprint density at radius 2 is 2.11 bits per heavy atom. The second-order valence-electron chi connectivity index (χ2n) is 4.48. The molecule has 0 saturated heterocycles. The van der Waals surface area contributed by atoms with Crippen LogP contribution < -0.4 is 11.6 Å². The first-order valence-electron chi connectivity index (χ1n) is 6.63. The molecule has 1 rings (SSSR count). The number of nitrogens with two attached hydrogens (primary N) is 2. The number of rotatable bonds is 8. The largest absolute Gasteiger partial charge is 0.397 e. The zero-order chi connectivity index (χ0) is 13.2. The van der Waals surface area contributed by atoms with Crippen molar-refractivity contribution < 1.29 is 0 Å². The summed E-state index contributed by atoms with van der Waals surface area (Å²) in [6, 6.07) is 3.79. The molecule has 0 saturated carbocycles. The van der Waals surface area contributed by atoms with E-state index in [0.717, 1.165) is 18.5 Å². The monoisotopic (exact) mass is 248 g/mol. The van der Waals surface area contributed by atoms with Crippen LogP contribution >= 0.6 is 0 Å². The molecule has 0 fully saturated rings. The van der Waals surface area contributed by atoms with Gasteiger partial charge in [-0.3, -0.25) is 4.98 Å². The lowest BCUT2D eigenvalue weighted by molar-refractivity contribution is 0.377. The average Bonchev–Trinajstić information content (AvgIpc) is 2.39. The van der Waals surface area contributed by atoms with Crippen molar-refractivity contribution in [2.75, 3.05) is 6.54 Å². The molecule has 1 aromatic rings. The fourth-order valence-corrected chi connectivity index (χ4v) is 1.75. The van der Waals surface area contributed by atoms with E-state index in [9.17, 15) is 0 Å². The quantitative estimate of drug-likeness (QED) is 0.421. The van der Waals surface area contributed by atoms with Crippen LogP contribution in [0.15, 0.2) is 30.7 Å². The SMILES string of the molecule is CCCCCCCN(N)/C=C(\N)c1cccnc1. The number of hydrazine groups is 1. The summed E-state index contributed by atoms with van der Waals surface area (Å²) in [5, 5.41) is 1.66. The minimum Gasteiger partial charge on any atom is -0.397 e. The lowest BCUT2D eigenvalue weighted by atomic mass is 10.1. The highest BCUT2D eigenvalue weighted by molar-refractivity contribution is 5.60. The third-order valence-corrected chi connectivity index (χ3v) is 2.82. The maximum atomic E-state index is 5.95. The highest BCUT2D eigenvalue weighted by Gasteiger charge is 1.99. The van der Waals surface area contributed by atoms with E-state index in [2.05, 4.69) is 11.9 Å². The Morgan fingerprint density at radius 1 is 1.33 bits per heavy atom. The van der Waals surface area contributed by atoms with Gasteiger partial charge in [-0.15, -0.1) is 0 Å². The normalized spacial score (nSPS) is 11.6. The first kappa shape index (κ1) is 14.5. The number of pyridine rings is 1. The van der Waals surface area contributed by atoms with Crippen LogP contribution in [-0.4, -0.2) is 16.5 Å². The van der Waals surface area contributed by atoms with E-state index in [1.54, 1.807) is 23.6 Å². The summed E-state index contributed by atoms with van der Waals surface area (Å²) >= 11 is 0. The summed E-state index contributed by atoms with van der Waals surface area (Å²) in [5.74, 6) is 5.88. The van der Waals surface area contributed by atoms with Gasteiger partial charge in [-0.05, 0) is 18.6 Å². The molecular weight excluding hydrogens is 224 g/mol. The molecule has 4 N–H and O–H groups in total. The number of hydrogen-bond donors (Lipinski definition) is 2. The maximum absolute atomic E-state index is 5.95. The Kier molecular flexibility index (Phi) is 6.87. The van der Waals surface area contributed by atoms with Crippen molar-refractivity contribution in [2.24, 2.45) is 11.6 Å². The van der Waals surface area contributed by atoms with Gasteiger partial charge < -0.3 is 10.7 Å². The van der Waals surface area contributed by atoms with Crippen LogP contribution in [-0.2, 0) is 0 Å². The van der Waals surface area contributed by atoms with Crippen LogP contribution in [0.5, 0.6) is 0 Å². The number of nitrogens with zero attached hydrogens (tertiary/aromatic N) is 2. The fraction of sp³-hybridized carbons (Fsp3) is 0.500. The van der Waals surface area contributed by atoms with Gasteiger partial charge in [-0.2, -0.15) is 0 Å². The molecule has 1 heterocycles. The van der Waals surface area contributed by atoms with Crippen LogP contribution in [0.3, 0.4) is 0 Å². The molecular formula is C14H24N4. The Bertz CT molecular complexity index is 348. The predicted molar refractivity (Wildman–Crippen MR) is 76.1 cm³/mol. The van der Waals surface area contributed by atoms with E-state index < -0.39 is 0 Å². The number of unbranched alkanes of at least 4 members (excludes halogenated alkanes) is 4. The van der Waals surface area contributed by atoms with Crippen molar-refractivity contribution in [1.29, 1.82) is 0 Å². The van der Waals surface area contributed by atoms with Crippen LogP contribution in [0.4, 0.5) is 0 Å². The Balaban J connectivity index is 2.32.